The first-order valence-corrected chi connectivity index (χ1v) is 7.30. The summed E-state index contributed by atoms with van der Waals surface area (Å²) < 4.78 is 5.04. The molecule has 124 valence electrons. The van der Waals surface area contributed by atoms with Crippen LogP contribution in [0.1, 0.15) is 20.7 Å². The lowest BCUT2D eigenvalue weighted by molar-refractivity contribution is 0.0550. The summed E-state index contributed by atoms with van der Waals surface area (Å²) in [5.41, 5.74) is 1.65. The molecule has 2 aromatic carbocycles. The Labute approximate surface area is 139 Å². The van der Waals surface area contributed by atoms with Gasteiger partial charge in [0.2, 0.25) is 0 Å². The quantitative estimate of drug-likeness (QED) is 0.392. The standard InChI is InChI=1S/C18H18N2O4/c1-2-11-24-18(23)14-8-4-6-10-16(14)20-12-19-15-9-5-3-7-13(15)17(21)22/h2-10,19-20H,1,11-12H2,(H,21,22). The zero-order chi connectivity index (χ0) is 17.4. The molecule has 3 N–H and O–H groups in total. The first-order valence-electron chi connectivity index (χ1n) is 7.30. The van der Waals surface area contributed by atoms with Crippen LogP contribution in [0.15, 0.2) is 61.2 Å². The van der Waals surface area contributed by atoms with Crippen LogP contribution < -0.4 is 10.6 Å². The summed E-state index contributed by atoms with van der Waals surface area (Å²) in [6.45, 7) is 3.89. The van der Waals surface area contributed by atoms with Crippen molar-refractivity contribution in [1.29, 1.82) is 0 Å². The summed E-state index contributed by atoms with van der Waals surface area (Å²) in [7, 11) is 0. The second kappa shape index (κ2) is 8.38. The van der Waals surface area contributed by atoms with Gasteiger partial charge in [-0.15, -0.1) is 0 Å². The van der Waals surface area contributed by atoms with Gasteiger partial charge in [0.15, 0.2) is 0 Å². The van der Waals surface area contributed by atoms with E-state index in [1.807, 2.05) is 0 Å². The van der Waals surface area contributed by atoms with Crippen LogP contribution in [0, 0.1) is 0 Å². The van der Waals surface area contributed by atoms with Gasteiger partial charge in [-0.25, -0.2) is 9.59 Å². The van der Waals surface area contributed by atoms with Crippen LogP contribution in [-0.2, 0) is 4.74 Å². The molecule has 0 heterocycles. The number of para-hydroxylation sites is 2. The van der Waals surface area contributed by atoms with E-state index in [9.17, 15) is 9.59 Å². The lowest BCUT2D eigenvalue weighted by Gasteiger charge is -2.14. The minimum atomic E-state index is -1.01. The maximum atomic E-state index is 12.0. The zero-order valence-electron chi connectivity index (χ0n) is 13.0. The summed E-state index contributed by atoms with van der Waals surface area (Å²) in [6.07, 6.45) is 1.50. The fraction of sp³-hybridized carbons (Fsp3) is 0.111. The normalized spacial score (nSPS) is 9.83. The lowest BCUT2D eigenvalue weighted by atomic mass is 10.1. The van der Waals surface area contributed by atoms with Gasteiger partial charge >= 0.3 is 11.9 Å². The Morgan fingerprint density at radius 3 is 2.12 bits per heavy atom. The van der Waals surface area contributed by atoms with Gasteiger partial charge in [-0.3, -0.25) is 0 Å². The van der Waals surface area contributed by atoms with Crippen molar-refractivity contribution in [3.8, 4) is 0 Å². The number of carboxylic acid groups (broad SMARTS) is 1. The molecule has 2 aromatic rings. The Morgan fingerprint density at radius 1 is 1.00 bits per heavy atom. The molecule has 6 nitrogen and oxygen atoms in total. The van der Waals surface area contributed by atoms with Gasteiger partial charge in [0.1, 0.15) is 6.61 Å². The molecule has 0 unspecified atom stereocenters. The molecule has 6 heteroatoms. The van der Waals surface area contributed by atoms with Crippen molar-refractivity contribution >= 4 is 23.3 Å². The molecule has 0 saturated heterocycles. The number of hydrogen-bond donors (Lipinski definition) is 3. The van der Waals surface area contributed by atoms with Gasteiger partial charge in [0.05, 0.1) is 29.2 Å². The van der Waals surface area contributed by atoms with E-state index in [-0.39, 0.29) is 18.8 Å². The van der Waals surface area contributed by atoms with E-state index in [4.69, 9.17) is 9.84 Å². The Kier molecular flexibility index (Phi) is 5.96. The monoisotopic (exact) mass is 326 g/mol. The highest BCUT2D eigenvalue weighted by atomic mass is 16.5. The number of rotatable bonds is 8. The average Bonchev–Trinajstić information content (AvgIpc) is 2.60. The first-order chi connectivity index (χ1) is 11.6. The molecule has 0 radical (unpaired) electrons. The maximum absolute atomic E-state index is 12.0. The van der Waals surface area contributed by atoms with E-state index in [1.54, 1.807) is 42.5 Å². The van der Waals surface area contributed by atoms with E-state index < -0.39 is 11.9 Å². The fourth-order valence-corrected chi connectivity index (χ4v) is 2.09. The average molecular weight is 326 g/mol. The van der Waals surface area contributed by atoms with Gasteiger partial charge in [-0.2, -0.15) is 0 Å². The summed E-state index contributed by atoms with van der Waals surface area (Å²) in [5.74, 6) is -1.46. The third-order valence-corrected chi connectivity index (χ3v) is 3.19. The van der Waals surface area contributed by atoms with Gasteiger partial charge in [0, 0.05) is 0 Å². The SMILES string of the molecule is C=CCOC(=O)c1ccccc1NCNc1ccccc1C(=O)O. The number of carbonyl (C=O) groups excluding carboxylic acids is 1. The predicted octanol–water partition coefficient (Wildman–Crippen LogP) is 3.21. The van der Waals surface area contributed by atoms with Gasteiger partial charge in [-0.05, 0) is 24.3 Å². The van der Waals surface area contributed by atoms with Crippen molar-refractivity contribution in [2.24, 2.45) is 0 Å². The van der Waals surface area contributed by atoms with Crippen LogP contribution >= 0.6 is 0 Å². The van der Waals surface area contributed by atoms with Gasteiger partial charge in [-0.1, -0.05) is 36.9 Å². The summed E-state index contributed by atoms with van der Waals surface area (Å²) in [5, 5.41) is 15.2. The largest absolute Gasteiger partial charge is 0.478 e. The highest BCUT2D eigenvalue weighted by Gasteiger charge is 2.12. The minimum absolute atomic E-state index is 0.136. The highest BCUT2D eigenvalue weighted by Crippen LogP contribution is 2.18. The van der Waals surface area contributed by atoms with Gasteiger partial charge in [0.25, 0.3) is 0 Å². The van der Waals surface area contributed by atoms with Crippen LogP contribution in [-0.4, -0.2) is 30.3 Å². The number of ether oxygens (including phenoxy) is 1. The summed E-state index contributed by atoms with van der Waals surface area (Å²) in [4.78, 5) is 23.2. The van der Waals surface area contributed by atoms with E-state index in [1.165, 1.54) is 12.1 Å². The van der Waals surface area contributed by atoms with Crippen molar-refractivity contribution in [1.82, 2.24) is 0 Å². The number of esters is 1. The zero-order valence-corrected chi connectivity index (χ0v) is 13.0. The Bertz CT molecular complexity index is 743. The molecular weight excluding hydrogens is 308 g/mol. The third-order valence-electron chi connectivity index (χ3n) is 3.19. The number of hydrogen-bond acceptors (Lipinski definition) is 5. The van der Waals surface area contributed by atoms with E-state index >= 15 is 0 Å². The van der Waals surface area contributed by atoms with Crippen molar-refractivity contribution in [2.45, 2.75) is 0 Å². The van der Waals surface area contributed by atoms with Crippen molar-refractivity contribution in [2.75, 3.05) is 23.9 Å². The molecule has 2 rings (SSSR count). The van der Waals surface area contributed by atoms with E-state index in [2.05, 4.69) is 17.2 Å². The van der Waals surface area contributed by atoms with Crippen molar-refractivity contribution in [3.63, 3.8) is 0 Å². The van der Waals surface area contributed by atoms with Crippen LogP contribution in [0.5, 0.6) is 0 Å². The molecule has 0 atom stereocenters. The molecule has 24 heavy (non-hydrogen) atoms. The fourth-order valence-electron chi connectivity index (χ4n) is 2.09. The topological polar surface area (TPSA) is 87.7 Å². The Balaban J connectivity index is 2.04. The van der Waals surface area contributed by atoms with Crippen LogP contribution in [0.3, 0.4) is 0 Å². The molecule has 0 bridgehead atoms. The van der Waals surface area contributed by atoms with Crippen molar-refractivity contribution < 1.29 is 19.4 Å². The summed E-state index contributed by atoms with van der Waals surface area (Å²) in [6, 6.07) is 13.5. The molecule has 0 spiro atoms. The van der Waals surface area contributed by atoms with E-state index in [0.717, 1.165) is 0 Å². The maximum Gasteiger partial charge on any atom is 0.340 e. The highest BCUT2D eigenvalue weighted by molar-refractivity contribution is 5.96. The molecule has 0 aliphatic rings. The van der Waals surface area contributed by atoms with Crippen LogP contribution in [0.4, 0.5) is 11.4 Å². The molecule has 0 fully saturated rings. The molecule has 0 saturated carbocycles. The number of nitrogens with one attached hydrogen (secondary N) is 2. The van der Waals surface area contributed by atoms with Gasteiger partial charge < -0.3 is 20.5 Å². The number of anilines is 2. The second-order valence-electron chi connectivity index (χ2n) is 4.81. The van der Waals surface area contributed by atoms with Crippen LogP contribution in [0.2, 0.25) is 0 Å². The van der Waals surface area contributed by atoms with Crippen molar-refractivity contribution in [3.05, 3.63) is 72.3 Å². The molecule has 0 aromatic heterocycles. The third kappa shape index (κ3) is 4.36. The molecular formula is C18H18N2O4. The lowest BCUT2D eigenvalue weighted by Crippen LogP contribution is -2.16. The molecule has 0 amide bonds. The first kappa shape index (κ1) is 17.1. The number of carboxylic acids is 1. The number of carbonyl (C=O) groups is 2. The molecule has 0 aliphatic carbocycles. The van der Waals surface area contributed by atoms with E-state index in [0.29, 0.717) is 16.9 Å². The Morgan fingerprint density at radius 2 is 1.54 bits per heavy atom. The van der Waals surface area contributed by atoms with Crippen LogP contribution in [0.25, 0.3) is 0 Å². The number of aromatic carboxylic acids is 1. The Hall–Kier alpha value is -3.28. The summed E-state index contributed by atoms with van der Waals surface area (Å²) >= 11 is 0. The smallest absolute Gasteiger partial charge is 0.340 e. The minimum Gasteiger partial charge on any atom is -0.478 e. The number of benzene rings is 2. The second-order valence-corrected chi connectivity index (χ2v) is 4.81. The predicted molar refractivity (Wildman–Crippen MR) is 92.4 cm³/mol. The molecule has 0 aliphatic heterocycles.